The van der Waals surface area contributed by atoms with Gasteiger partial charge in [-0.25, -0.2) is 4.98 Å². The average Bonchev–Trinajstić information content (AvgIpc) is 3.15. The summed E-state index contributed by atoms with van der Waals surface area (Å²) in [6, 6.07) is 17.1. The van der Waals surface area contributed by atoms with Crippen molar-refractivity contribution in [3.05, 3.63) is 81.8 Å². The topological polar surface area (TPSA) is 62.3 Å². The van der Waals surface area contributed by atoms with Gasteiger partial charge in [0.15, 0.2) is 0 Å². The van der Waals surface area contributed by atoms with Crippen LogP contribution in [0, 0.1) is 12.3 Å². The first-order valence-electron chi connectivity index (χ1n) is 9.11. The second-order valence-corrected chi connectivity index (χ2v) is 7.54. The van der Waals surface area contributed by atoms with E-state index in [4.69, 9.17) is 6.42 Å². The van der Waals surface area contributed by atoms with E-state index in [0.29, 0.717) is 11.3 Å². The Balaban J connectivity index is 1.51. The maximum absolute atomic E-state index is 12.5. The average molecular weight is 404 g/mol. The van der Waals surface area contributed by atoms with Crippen LogP contribution in [0.25, 0.3) is 0 Å². The van der Waals surface area contributed by atoms with Crippen LogP contribution in [0.4, 0.5) is 5.69 Å². The number of benzene rings is 2. The molecule has 3 rings (SSSR count). The number of terminal acetylenes is 1. The molecule has 0 atom stereocenters. The van der Waals surface area contributed by atoms with Gasteiger partial charge >= 0.3 is 0 Å². The lowest BCUT2D eigenvalue weighted by Gasteiger charge is -2.16. The second-order valence-electron chi connectivity index (χ2n) is 6.59. The molecule has 0 spiro atoms. The Morgan fingerprint density at radius 2 is 1.97 bits per heavy atom. The molecule has 0 saturated carbocycles. The predicted molar refractivity (Wildman–Crippen MR) is 116 cm³/mol. The first kappa shape index (κ1) is 20.3. The third-order valence-electron chi connectivity index (χ3n) is 4.25. The number of hydrogen-bond donors (Lipinski definition) is 1. The molecular formula is C23H21N3O2S. The SMILES string of the molecule is C#Cc1cccc(NC(=O)CN(C)C(=O)Cc2csc(Cc3ccccc3)n2)c1. The van der Waals surface area contributed by atoms with E-state index in [0.717, 1.165) is 17.1 Å². The van der Waals surface area contributed by atoms with E-state index in [2.05, 4.69) is 28.4 Å². The summed E-state index contributed by atoms with van der Waals surface area (Å²) in [6.45, 7) is -0.0415. The van der Waals surface area contributed by atoms with Crippen LogP contribution in [-0.4, -0.2) is 35.3 Å². The van der Waals surface area contributed by atoms with E-state index >= 15 is 0 Å². The maximum atomic E-state index is 12.5. The summed E-state index contributed by atoms with van der Waals surface area (Å²) >= 11 is 1.54. The van der Waals surface area contributed by atoms with Gasteiger partial charge in [0.1, 0.15) is 0 Å². The number of carbonyl (C=O) groups excluding carboxylic acids is 2. The summed E-state index contributed by atoms with van der Waals surface area (Å²) in [5.74, 6) is 2.08. The summed E-state index contributed by atoms with van der Waals surface area (Å²) in [5, 5.41) is 5.62. The molecular weight excluding hydrogens is 382 g/mol. The zero-order valence-corrected chi connectivity index (χ0v) is 16.9. The van der Waals surface area contributed by atoms with E-state index in [1.165, 1.54) is 21.8 Å². The predicted octanol–water partition coefficient (Wildman–Crippen LogP) is 3.35. The van der Waals surface area contributed by atoms with Gasteiger partial charge in [-0.2, -0.15) is 0 Å². The van der Waals surface area contributed by atoms with Crippen LogP contribution in [0.3, 0.4) is 0 Å². The smallest absolute Gasteiger partial charge is 0.243 e. The molecule has 1 heterocycles. The minimum absolute atomic E-state index is 0.0415. The lowest BCUT2D eigenvalue weighted by atomic mass is 10.2. The Hall–Kier alpha value is -3.43. The van der Waals surface area contributed by atoms with Gasteiger partial charge in [0.2, 0.25) is 11.8 Å². The number of hydrogen-bond acceptors (Lipinski definition) is 4. The third-order valence-corrected chi connectivity index (χ3v) is 5.15. The quantitative estimate of drug-likeness (QED) is 0.616. The number of thiazole rings is 1. The van der Waals surface area contributed by atoms with Crippen molar-refractivity contribution in [2.75, 3.05) is 18.9 Å². The molecule has 146 valence electrons. The van der Waals surface area contributed by atoms with Crippen LogP contribution in [-0.2, 0) is 22.4 Å². The standard InChI is InChI=1S/C23H21N3O2S/c1-3-17-10-7-11-19(12-17)24-21(27)15-26(2)23(28)14-20-16-29-22(25-20)13-18-8-5-4-6-9-18/h1,4-12,16H,13-15H2,2H3,(H,24,27). The second kappa shape index (κ2) is 9.67. The van der Waals surface area contributed by atoms with Crippen molar-refractivity contribution in [3.8, 4) is 12.3 Å². The number of nitrogens with zero attached hydrogens (tertiary/aromatic N) is 2. The van der Waals surface area contributed by atoms with Gasteiger partial charge < -0.3 is 10.2 Å². The summed E-state index contributed by atoms with van der Waals surface area (Å²) in [7, 11) is 1.61. The first-order chi connectivity index (χ1) is 14.0. The summed E-state index contributed by atoms with van der Waals surface area (Å²) in [4.78, 5) is 30.6. The molecule has 0 radical (unpaired) electrons. The van der Waals surface area contributed by atoms with E-state index in [1.54, 1.807) is 31.3 Å². The fraction of sp³-hybridized carbons (Fsp3) is 0.174. The summed E-state index contributed by atoms with van der Waals surface area (Å²) in [5.41, 5.74) is 3.20. The van der Waals surface area contributed by atoms with Crippen molar-refractivity contribution < 1.29 is 9.59 Å². The molecule has 3 aromatic rings. The fourth-order valence-corrected chi connectivity index (χ4v) is 3.59. The van der Waals surface area contributed by atoms with Crippen LogP contribution >= 0.6 is 11.3 Å². The number of aromatic nitrogens is 1. The van der Waals surface area contributed by atoms with Gasteiger partial charge in [0, 0.05) is 30.1 Å². The van der Waals surface area contributed by atoms with Gasteiger partial charge in [-0.05, 0) is 23.8 Å². The lowest BCUT2D eigenvalue weighted by Crippen LogP contribution is -2.35. The minimum atomic E-state index is -0.280. The highest BCUT2D eigenvalue weighted by Gasteiger charge is 2.15. The Morgan fingerprint density at radius 3 is 2.72 bits per heavy atom. The number of nitrogens with one attached hydrogen (secondary N) is 1. The van der Waals surface area contributed by atoms with Crippen molar-refractivity contribution in [1.82, 2.24) is 9.88 Å². The van der Waals surface area contributed by atoms with Gasteiger partial charge in [0.25, 0.3) is 0 Å². The molecule has 1 aromatic heterocycles. The van der Waals surface area contributed by atoms with Crippen LogP contribution in [0.15, 0.2) is 60.0 Å². The van der Waals surface area contributed by atoms with Gasteiger partial charge in [-0.15, -0.1) is 17.8 Å². The van der Waals surface area contributed by atoms with Crippen molar-refractivity contribution in [2.24, 2.45) is 0 Å². The van der Waals surface area contributed by atoms with E-state index in [-0.39, 0.29) is 24.8 Å². The van der Waals surface area contributed by atoms with Gasteiger partial charge in [-0.1, -0.05) is 42.3 Å². The fourth-order valence-electron chi connectivity index (χ4n) is 2.76. The summed E-state index contributed by atoms with van der Waals surface area (Å²) in [6.07, 6.45) is 6.28. The zero-order valence-electron chi connectivity index (χ0n) is 16.1. The molecule has 29 heavy (non-hydrogen) atoms. The minimum Gasteiger partial charge on any atom is -0.336 e. The van der Waals surface area contributed by atoms with Crippen LogP contribution < -0.4 is 5.32 Å². The monoisotopic (exact) mass is 403 g/mol. The Bertz CT molecular complexity index is 1040. The largest absolute Gasteiger partial charge is 0.336 e. The lowest BCUT2D eigenvalue weighted by molar-refractivity contribution is -0.132. The molecule has 6 heteroatoms. The normalized spacial score (nSPS) is 10.2. The number of carbonyl (C=O) groups is 2. The van der Waals surface area contributed by atoms with Crippen molar-refractivity contribution in [2.45, 2.75) is 12.8 Å². The molecule has 0 unspecified atom stereocenters. The van der Waals surface area contributed by atoms with E-state index < -0.39 is 0 Å². The highest BCUT2D eigenvalue weighted by molar-refractivity contribution is 7.09. The van der Waals surface area contributed by atoms with Crippen molar-refractivity contribution >= 4 is 28.8 Å². The molecule has 0 aliphatic rings. The number of likely N-dealkylation sites (N-methyl/N-ethyl adjacent to an activating group) is 1. The molecule has 2 aromatic carbocycles. The number of anilines is 1. The Labute approximate surface area is 174 Å². The molecule has 2 amide bonds. The Morgan fingerprint density at radius 1 is 1.17 bits per heavy atom. The summed E-state index contributed by atoms with van der Waals surface area (Å²) < 4.78 is 0. The molecule has 0 aliphatic heterocycles. The van der Waals surface area contributed by atoms with Gasteiger partial charge in [-0.3, -0.25) is 9.59 Å². The highest BCUT2D eigenvalue weighted by Crippen LogP contribution is 2.16. The third kappa shape index (κ3) is 6.03. The van der Waals surface area contributed by atoms with Crippen LogP contribution in [0.5, 0.6) is 0 Å². The highest BCUT2D eigenvalue weighted by atomic mass is 32.1. The molecule has 0 aliphatic carbocycles. The van der Waals surface area contributed by atoms with Crippen molar-refractivity contribution in [3.63, 3.8) is 0 Å². The molecule has 0 saturated heterocycles. The molecule has 0 bridgehead atoms. The zero-order chi connectivity index (χ0) is 20.6. The van der Waals surface area contributed by atoms with Crippen LogP contribution in [0.2, 0.25) is 0 Å². The maximum Gasteiger partial charge on any atom is 0.243 e. The number of amides is 2. The van der Waals surface area contributed by atoms with E-state index in [1.807, 2.05) is 23.6 Å². The molecule has 1 N–H and O–H groups in total. The van der Waals surface area contributed by atoms with Gasteiger partial charge in [0.05, 0.1) is 23.7 Å². The molecule has 0 fully saturated rings. The first-order valence-corrected chi connectivity index (χ1v) is 9.99. The van der Waals surface area contributed by atoms with Crippen molar-refractivity contribution in [1.29, 1.82) is 0 Å². The van der Waals surface area contributed by atoms with Crippen LogP contribution in [0.1, 0.15) is 21.8 Å². The number of rotatable bonds is 7. The Kier molecular flexibility index (Phi) is 6.77. The molecule has 5 nitrogen and oxygen atoms in total. The van der Waals surface area contributed by atoms with E-state index in [9.17, 15) is 9.59 Å².